The van der Waals surface area contributed by atoms with Gasteiger partial charge in [-0.1, -0.05) is 54.1 Å². The van der Waals surface area contributed by atoms with E-state index in [9.17, 15) is 21.6 Å². The molecule has 4 aromatic rings. The molecular formula is C27H27N3O5S2. The minimum Gasteiger partial charge on any atom is -0.324 e. The standard InChI is InChI=1S/C27H27N3O5S2/c1-19-11-15-23(16-12-19)30(36(3,32)33)20(2)27(31)28-22-13-17-24(18-14-22)37(34,35)29-26-10-6-8-21-7-4-5-9-25(21)26/h4-18,20,29H,1-3H3,(H,28,31). The zero-order chi connectivity index (χ0) is 26.8. The summed E-state index contributed by atoms with van der Waals surface area (Å²) >= 11 is 0. The number of hydrogen-bond donors (Lipinski definition) is 2. The maximum atomic E-state index is 13.0. The highest BCUT2D eigenvalue weighted by Crippen LogP contribution is 2.26. The molecule has 192 valence electrons. The van der Waals surface area contributed by atoms with E-state index in [1.54, 1.807) is 36.4 Å². The average molecular weight is 538 g/mol. The van der Waals surface area contributed by atoms with Crippen LogP contribution < -0.4 is 14.3 Å². The Labute approximate surface area is 217 Å². The van der Waals surface area contributed by atoms with E-state index in [4.69, 9.17) is 0 Å². The Morgan fingerprint density at radius 3 is 2.08 bits per heavy atom. The lowest BCUT2D eigenvalue weighted by Gasteiger charge is -2.28. The number of benzene rings is 4. The summed E-state index contributed by atoms with van der Waals surface area (Å²) in [6.07, 6.45) is 1.04. The zero-order valence-corrected chi connectivity index (χ0v) is 22.2. The number of hydrogen-bond acceptors (Lipinski definition) is 5. The minimum atomic E-state index is -3.89. The van der Waals surface area contributed by atoms with Gasteiger partial charge in [-0.05, 0) is 61.7 Å². The Morgan fingerprint density at radius 2 is 1.43 bits per heavy atom. The van der Waals surface area contributed by atoms with Crippen LogP contribution in [-0.4, -0.2) is 35.0 Å². The molecule has 0 aliphatic heterocycles. The van der Waals surface area contributed by atoms with Crippen LogP contribution in [0, 0.1) is 6.92 Å². The summed E-state index contributed by atoms with van der Waals surface area (Å²) in [7, 11) is -7.64. The number of carbonyl (C=O) groups is 1. The van der Waals surface area contributed by atoms with E-state index in [1.165, 1.54) is 31.2 Å². The molecule has 4 aromatic carbocycles. The number of nitrogens with one attached hydrogen (secondary N) is 2. The molecule has 1 atom stereocenters. The lowest BCUT2D eigenvalue weighted by molar-refractivity contribution is -0.116. The third-order valence-corrected chi connectivity index (χ3v) is 8.47. The first-order valence-electron chi connectivity index (χ1n) is 11.4. The molecule has 0 saturated carbocycles. The van der Waals surface area contributed by atoms with Gasteiger partial charge in [0.25, 0.3) is 10.0 Å². The molecule has 0 radical (unpaired) electrons. The van der Waals surface area contributed by atoms with Crippen LogP contribution in [-0.2, 0) is 24.8 Å². The summed E-state index contributed by atoms with van der Waals surface area (Å²) in [4.78, 5) is 13.0. The molecule has 4 rings (SSSR count). The normalized spacial score (nSPS) is 12.6. The van der Waals surface area contributed by atoms with Gasteiger partial charge in [0.1, 0.15) is 6.04 Å². The van der Waals surface area contributed by atoms with Crippen molar-refractivity contribution in [2.45, 2.75) is 24.8 Å². The van der Waals surface area contributed by atoms with Gasteiger partial charge in [0.15, 0.2) is 0 Å². The fourth-order valence-electron chi connectivity index (χ4n) is 3.98. The lowest BCUT2D eigenvalue weighted by Crippen LogP contribution is -2.45. The average Bonchev–Trinajstić information content (AvgIpc) is 2.85. The molecule has 0 fully saturated rings. The Kier molecular flexibility index (Phi) is 7.24. The molecule has 0 aliphatic carbocycles. The van der Waals surface area contributed by atoms with E-state index in [1.807, 2.05) is 37.3 Å². The van der Waals surface area contributed by atoms with Crippen molar-refractivity contribution in [3.63, 3.8) is 0 Å². The molecule has 0 saturated heterocycles. The van der Waals surface area contributed by atoms with Crippen LogP contribution in [0.25, 0.3) is 10.8 Å². The van der Waals surface area contributed by atoms with Crippen molar-refractivity contribution in [3.8, 4) is 0 Å². The fraction of sp³-hybridized carbons (Fsp3) is 0.148. The minimum absolute atomic E-state index is 0.0175. The number of rotatable bonds is 8. The van der Waals surface area contributed by atoms with Crippen molar-refractivity contribution in [2.75, 3.05) is 20.6 Å². The molecule has 37 heavy (non-hydrogen) atoms. The topological polar surface area (TPSA) is 113 Å². The van der Waals surface area contributed by atoms with Crippen LogP contribution in [0.15, 0.2) is 95.9 Å². The molecular weight excluding hydrogens is 510 g/mol. The van der Waals surface area contributed by atoms with Gasteiger partial charge in [-0.3, -0.25) is 13.8 Å². The van der Waals surface area contributed by atoms with Gasteiger partial charge in [-0.25, -0.2) is 16.8 Å². The number of carbonyl (C=O) groups excluding carboxylic acids is 1. The van der Waals surface area contributed by atoms with Gasteiger partial charge in [-0.2, -0.15) is 0 Å². The van der Waals surface area contributed by atoms with Crippen LogP contribution in [0.1, 0.15) is 12.5 Å². The predicted molar refractivity (Wildman–Crippen MR) is 148 cm³/mol. The van der Waals surface area contributed by atoms with Gasteiger partial charge in [-0.15, -0.1) is 0 Å². The second kappa shape index (κ2) is 10.2. The van der Waals surface area contributed by atoms with Gasteiger partial charge in [0, 0.05) is 11.1 Å². The van der Waals surface area contributed by atoms with Crippen LogP contribution in [0.4, 0.5) is 17.1 Å². The summed E-state index contributed by atoms with van der Waals surface area (Å²) in [5, 5.41) is 4.35. The SMILES string of the molecule is Cc1ccc(N(C(C)C(=O)Nc2ccc(S(=O)(=O)Nc3cccc4ccccc34)cc2)S(C)(=O)=O)cc1. The van der Waals surface area contributed by atoms with Crippen molar-refractivity contribution >= 4 is 53.8 Å². The van der Waals surface area contributed by atoms with Crippen LogP contribution >= 0.6 is 0 Å². The second-order valence-electron chi connectivity index (χ2n) is 8.72. The molecule has 1 unspecified atom stereocenters. The number of amides is 1. The van der Waals surface area contributed by atoms with Gasteiger partial charge >= 0.3 is 0 Å². The van der Waals surface area contributed by atoms with E-state index in [0.29, 0.717) is 17.1 Å². The highest BCUT2D eigenvalue weighted by Gasteiger charge is 2.29. The smallest absolute Gasteiger partial charge is 0.261 e. The highest BCUT2D eigenvalue weighted by molar-refractivity contribution is 7.92. The monoisotopic (exact) mass is 537 g/mol. The molecule has 0 bridgehead atoms. The van der Waals surface area contributed by atoms with Crippen LogP contribution in [0.3, 0.4) is 0 Å². The summed E-state index contributed by atoms with van der Waals surface area (Å²) in [5.41, 5.74) is 2.12. The quantitative estimate of drug-likeness (QED) is 0.337. The van der Waals surface area contributed by atoms with Crippen molar-refractivity contribution in [1.29, 1.82) is 0 Å². The number of fused-ring (bicyclic) bond motifs is 1. The number of nitrogens with zero attached hydrogens (tertiary/aromatic N) is 1. The first-order chi connectivity index (χ1) is 17.5. The predicted octanol–water partition coefficient (Wildman–Crippen LogP) is 4.74. The molecule has 0 heterocycles. The lowest BCUT2D eigenvalue weighted by atomic mass is 10.1. The fourth-order valence-corrected chi connectivity index (χ4v) is 6.24. The molecule has 1 amide bonds. The van der Waals surface area contributed by atoms with Crippen molar-refractivity contribution in [1.82, 2.24) is 0 Å². The maximum absolute atomic E-state index is 13.0. The van der Waals surface area contributed by atoms with E-state index < -0.39 is 32.0 Å². The number of sulfonamides is 2. The largest absolute Gasteiger partial charge is 0.324 e. The summed E-state index contributed by atoms with van der Waals surface area (Å²) < 4.78 is 54.6. The molecule has 10 heteroatoms. The maximum Gasteiger partial charge on any atom is 0.261 e. The van der Waals surface area contributed by atoms with E-state index in [0.717, 1.165) is 26.9 Å². The van der Waals surface area contributed by atoms with Crippen LogP contribution in [0.5, 0.6) is 0 Å². The first kappa shape index (κ1) is 26.2. The van der Waals surface area contributed by atoms with E-state index >= 15 is 0 Å². The third-order valence-electron chi connectivity index (χ3n) is 5.84. The Hall–Kier alpha value is -3.89. The summed E-state index contributed by atoms with van der Waals surface area (Å²) in [5.74, 6) is -0.560. The van der Waals surface area contributed by atoms with E-state index in [-0.39, 0.29) is 4.90 Å². The molecule has 0 aromatic heterocycles. The summed E-state index contributed by atoms with van der Waals surface area (Å²) in [6, 6.07) is 24.3. The molecule has 0 aliphatic rings. The van der Waals surface area contributed by atoms with Crippen LogP contribution in [0.2, 0.25) is 0 Å². The number of aryl methyl sites for hydroxylation is 1. The Morgan fingerprint density at radius 1 is 0.811 bits per heavy atom. The van der Waals surface area contributed by atoms with Crippen molar-refractivity contribution in [3.05, 3.63) is 96.6 Å². The van der Waals surface area contributed by atoms with Crippen molar-refractivity contribution in [2.24, 2.45) is 0 Å². The second-order valence-corrected chi connectivity index (χ2v) is 12.3. The zero-order valence-electron chi connectivity index (χ0n) is 20.5. The Bertz CT molecular complexity index is 1650. The summed E-state index contributed by atoms with van der Waals surface area (Å²) in [6.45, 7) is 3.37. The van der Waals surface area contributed by atoms with Gasteiger partial charge in [0.05, 0.1) is 22.5 Å². The molecule has 0 spiro atoms. The van der Waals surface area contributed by atoms with E-state index in [2.05, 4.69) is 10.0 Å². The van der Waals surface area contributed by atoms with Gasteiger partial charge in [0.2, 0.25) is 15.9 Å². The Balaban J connectivity index is 1.51. The molecule has 8 nitrogen and oxygen atoms in total. The van der Waals surface area contributed by atoms with Crippen molar-refractivity contribution < 1.29 is 21.6 Å². The highest BCUT2D eigenvalue weighted by atomic mass is 32.2. The molecule has 2 N–H and O–H groups in total. The van der Waals surface area contributed by atoms with Gasteiger partial charge < -0.3 is 5.32 Å². The first-order valence-corrected chi connectivity index (χ1v) is 14.8. The number of anilines is 3. The third kappa shape index (κ3) is 5.92.